The number of fused-ring (bicyclic) bond motifs is 1. The van der Waals surface area contributed by atoms with Crippen LogP contribution in [0.25, 0.3) is 5.13 Å². The highest BCUT2D eigenvalue weighted by Crippen LogP contribution is 2.33. The van der Waals surface area contributed by atoms with Crippen molar-refractivity contribution in [2.45, 2.75) is 32.2 Å². The van der Waals surface area contributed by atoms with Crippen LogP contribution in [0.4, 0.5) is 0 Å². The normalized spacial score (nSPS) is 19.8. The Hall–Kier alpha value is -1.13. The van der Waals surface area contributed by atoms with E-state index in [1.54, 1.807) is 11.3 Å². The third kappa shape index (κ3) is 1.41. The minimum absolute atomic E-state index is 0.212. The van der Waals surface area contributed by atoms with Gasteiger partial charge < -0.3 is 5.73 Å². The highest BCUT2D eigenvalue weighted by molar-refractivity contribution is 7.12. The maximum Gasteiger partial charge on any atom is 0.193 e. The molecule has 0 bridgehead atoms. The molecule has 2 N–H and O–H groups in total. The average molecular weight is 233 g/mol. The first-order valence-electron chi connectivity index (χ1n) is 5.64. The maximum atomic E-state index is 6.15. The molecule has 1 unspecified atom stereocenters. The molecule has 0 aliphatic heterocycles. The Balaban J connectivity index is 2.19. The predicted molar refractivity (Wildman–Crippen MR) is 66.0 cm³/mol. The molecule has 2 aromatic heterocycles. The number of hydrogen-bond donors (Lipinski definition) is 1. The van der Waals surface area contributed by atoms with E-state index < -0.39 is 0 Å². The van der Waals surface area contributed by atoms with Crippen LogP contribution in [0.3, 0.4) is 0 Å². The number of hydrogen-bond acceptors (Lipinski definition) is 3. The molecule has 0 aromatic carbocycles. The molecule has 84 valence electrons. The summed E-state index contributed by atoms with van der Waals surface area (Å²) in [5.41, 5.74) is 10.1. The lowest BCUT2D eigenvalue weighted by Gasteiger charge is -2.20. The van der Waals surface area contributed by atoms with Gasteiger partial charge in [-0.2, -0.15) is 0 Å². The number of rotatable bonds is 1. The second-order valence-corrected chi connectivity index (χ2v) is 5.21. The standard InChI is InChI=1S/C12H15N3S/c1-8-7-9-10(13)3-2-4-11(9)15(8)12-14-5-6-16-12/h5-7,10H,2-4,13H2,1H3. The molecule has 0 amide bonds. The molecule has 3 nitrogen and oxygen atoms in total. The Bertz CT molecular complexity index is 499. The lowest BCUT2D eigenvalue weighted by atomic mass is 9.93. The summed E-state index contributed by atoms with van der Waals surface area (Å²) in [6, 6.07) is 2.43. The van der Waals surface area contributed by atoms with E-state index in [2.05, 4.69) is 22.5 Å². The molecule has 2 heterocycles. The second-order valence-electron chi connectivity index (χ2n) is 4.34. The first kappa shape index (κ1) is 10.1. The van der Waals surface area contributed by atoms with E-state index in [-0.39, 0.29) is 6.04 Å². The molecular weight excluding hydrogens is 218 g/mol. The van der Waals surface area contributed by atoms with Crippen molar-refractivity contribution < 1.29 is 0 Å². The summed E-state index contributed by atoms with van der Waals surface area (Å²) in [5, 5.41) is 3.08. The molecule has 16 heavy (non-hydrogen) atoms. The Kier molecular flexibility index (Phi) is 2.33. The number of nitrogens with zero attached hydrogens (tertiary/aromatic N) is 2. The fourth-order valence-electron chi connectivity index (χ4n) is 2.53. The average Bonchev–Trinajstić information content (AvgIpc) is 2.85. The fourth-order valence-corrected chi connectivity index (χ4v) is 3.25. The molecular formula is C12H15N3S. The Labute approximate surface area is 98.9 Å². The molecule has 1 aliphatic rings. The van der Waals surface area contributed by atoms with Crippen molar-refractivity contribution in [2.24, 2.45) is 5.73 Å². The number of thiazole rings is 1. The minimum atomic E-state index is 0.212. The van der Waals surface area contributed by atoms with E-state index in [0.717, 1.165) is 18.0 Å². The van der Waals surface area contributed by atoms with Gasteiger partial charge in [-0.1, -0.05) is 0 Å². The van der Waals surface area contributed by atoms with Crippen LogP contribution in [-0.4, -0.2) is 9.55 Å². The third-order valence-electron chi connectivity index (χ3n) is 3.26. The summed E-state index contributed by atoms with van der Waals surface area (Å²) in [7, 11) is 0. The first-order chi connectivity index (χ1) is 7.77. The van der Waals surface area contributed by atoms with Crippen LogP contribution in [-0.2, 0) is 6.42 Å². The third-order valence-corrected chi connectivity index (χ3v) is 4.02. The molecule has 0 saturated heterocycles. The zero-order valence-corrected chi connectivity index (χ0v) is 10.1. The summed E-state index contributed by atoms with van der Waals surface area (Å²) in [6.07, 6.45) is 5.27. The van der Waals surface area contributed by atoms with E-state index >= 15 is 0 Å². The van der Waals surface area contributed by atoms with Crippen molar-refractivity contribution in [3.8, 4) is 5.13 Å². The van der Waals surface area contributed by atoms with Crippen molar-refractivity contribution in [3.63, 3.8) is 0 Å². The summed E-state index contributed by atoms with van der Waals surface area (Å²) in [4.78, 5) is 4.39. The predicted octanol–water partition coefficient (Wildman–Crippen LogP) is 2.58. The van der Waals surface area contributed by atoms with Crippen molar-refractivity contribution in [1.82, 2.24) is 9.55 Å². The van der Waals surface area contributed by atoms with Gasteiger partial charge in [-0.3, -0.25) is 4.57 Å². The monoisotopic (exact) mass is 233 g/mol. The molecule has 0 spiro atoms. The molecule has 1 aliphatic carbocycles. The van der Waals surface area contributed by atoms with E-state index in [4.69, 9.17) is 5.73 Å². The van der Waals surface area contributed by atoms with Crippen LogP contribution in [0.1, 0.15) is 35.8 Å². The lowest BCUT2D eigenvalue weighted by molar-refractivity contribution is 0.559. The molecule has 4 heteroatoms. The number of aryl methyl sites for hydroxylation is 1. The number of aromatic nitrogens is 2. The van der Waals surface area contributed by atoms with Gasteiger partial charge in [-0.15, -0.1) is 11.3 Å². The summed E-state index contributed by atoms with van der Waals surface area (Å²) in [5.74, 6) is 0. The molecule has 0 radical (unpaired) electrons. The largest absolute Gasteiger partial charge is 0.324 e. The smallest absolute Gasteiger partial charge is 0.193 e. The van der Waals surface area contributed by atoms with Crippen molar-refractivity contribution in [2.75, 3.05) is 0 Å². The topological polar surface area (TPSA) is 43.8 Å². The van der Waals surface area contributed by atoms with E-state index in [1.807, 2.05) is 11.6 Å². The highest BCUT2D eigenvalue weighted by Gasteiger charge is 2.23. The molecule has 3 rings (SSSR count). The molecule has 1 atom stereocenters. The van der Waals surface area contributed by atoms with E-state index in [9.17, 15) is 0 Å². The summed E-state index contributed by atoms with van der Waals surface area (Å²) < 4.78 is 2.26. The zero-order chi connectivity index (χ0) is 11.1. The minimum Gasteiger partial charge on any atom is -0.324 e. The van der Waals surface area contributed by atoms with E-state index in [0.29, 0.717) is 0 Å². The van der Waals surface area contributed by atoms with Gasteiger partial charge in [0.1, 0.15) is 0 Å². The fraction of sp³-hybridized carbons (Fsp3) is 0.417. The maximum absolute atomic E-state index is 6.15. The van der Waals surface area contributed by atoms with Crippen molar-refractivity contribution in [3.05, 3.63) is 34.6 Å². The van der Waals surface area contributed by atoms with Gasteiger partial charge in [-0.05, 0) is 37.8 Å². The molecule has 0 fully saturated rings. The molecule has 0 saturated carbocycles. The SMILES string of the molecule is Cc1cc2c(n1-c1nccs1)CCCC2N. The summed E-state index contributed by atoms with van der Waals surface area (Å²) >= 11 is 1.68. The van der Waals surface area contributed by atoms with Crippen LogP contribution in [0.15, 0.2) is 17.6 Å². The quantitative estimate of drug-likeness (QED) is 0.822. The van der Waals surface area contributed by atoms with Gasteiger partial charge in [-0.25, -0.2) is 4.98 Å². The Morgan fingerprint density at radius 2 is 2.44 bits per heavy atom. The Morgan fingerprint density at radius 3 is 3.19 bits per heavy atom. The van der Waals surface area contributed by atoms with Gasteiger partial charge in [0.05, 0.1) is 0 Å². The zero-order valence-electron chi connectivity index (χ0n) is 9.31. The summed E-state index contributed by atoms with van der Waals surface area (Å²) in [6.45, 7) is 2.13. The van der Waals surface area contributed by atoms with Crippen LogP contribution >= 0.6 is 11.3 Å². The second kappa shape index (κ2) is 3.71. The van der Waals surface area contributed by atoms with Crippen LogP contribution in [0.2, 0.25) is 0 Å². The molecule has 2 aromatic rings. The van der Waals surface area contributed by atoms with Crippen molar-refractivity contribution >= 4 is 11.3 Å². The van der Waals surface area contributed by atoms with Gasteiger partial charge in [0.25, 0.3) is 0 Å². The van der Waals surface area contributed by atoms with Crippen molar-refractivity contribution in [1.29, 1.82) is 0 Å². The van der Waals surface area contributed by atoms with Gasteiger partial charge in [0.15, 0.2) is 5.13 Å². The highest BCUT2D eigenvalue weighted by atomic mass is 32.1. The number of nitrogens with two attached hydrogens (primary N) is 1. The van der Waals surface area contributed by atoms with Crippen LogP contribution < -0.4 is 5.73 Å². The Morgan fingerprint density at radius 1 is 1.56 bits per heavy atom. The lowest BCUT2D eigenvalue weighted by Crippen LogP contribution is -2.17. The van der Waals surface area contributed by atoms with Gasteiger partial charge in [0.2, 0.25) is 0 Å². The van der Waals surface area contributed by atoms with Gasteiger partial charge in [0, 0.05) is 29.0 Å². The first-order valence-corrected chi connectivity index (χ1v) is 6.52. The van der Waals surface area contributed by atoms with Crippen LogP contribution in [0, 0.1) is 6.92 Å². The van der Waals surface area contributed by atoms with Gasteiger partial charge >= 0.3 is 0 Å². The van der Waals surface area contributed by atoms with E-state index in [1.165, 1.54) is 23.4 Å². The van der Waals surface area contributed by atoms with Crippen LogP contribution in [0.5, 0.6) is 0 Å².